The van der Waals surface area contributed by atoms with Crippen LogP contribution in [0.1, 0.15) is 12.8 Å². The molecule has 50 valence electrons. The maximum atomic E-state index is 10.3. The summed E-state index contributed by atoms with van der Waals surface area (Å²) in [6, 6.07) is 1.99. The summed E-state index contributed by atoms with van der Waals surface area (Å²) in [5, 5.41) is 9.67. The molecule has 3 heteroatoms. The van der Waals surface area contributed by atoms with Crippen LogP contribution in [0.3, 0.4) is 0 Å². The number of rotatable bonds is 3. The molecule has 0 radical (unpaired) electrons. The molecule has 0 heterocycles. The summed E-state index contributed by atoms with van der Waals surface area (Å²) in [6.07, 6.45) is 4.58. The molecule has 1 atom stereocenters. The predicted octanol–water partition coefficient (Wildman–Crippen LogP) is 1.18. The Morgan fingerprint density at radius 3 is 2.89 bits per heavy atom. The van der Waals surface area contributed by atoms with E-state index in [1.165, 1.54) is 0 Å². The van der Waals surface area contributed by atoms with Gasteiger partial charge in [-0.05, 0) is 11.8 Å². The van der Waals surface area contributed by atoms with E-state index < -0.39 is 10.8 Å². The van der Waals surface area contributed by atoms with Gasteiger partial charge < -0.3 is 0 Å². The van der Waals surface area contributed by atoms with Crippen LogP contribution in [-0.4, -0.2) is 10.5 Å². The Kier molecular flexibility index (Phi) is 5.14. The maximum absolute atomic E-state index is 10.3. The summed E-state index contributed by atoms with van der Waals surface area (Å²) in [6.45, 7) is 0. The third kappa shape index (κ3) is 7.38. The molecule has 1 unspecified atom stereocenters. The van der Waals surface area contributed by atoms with Crippen molar-refractivity contribution in [1.29, 1.82) is 5.26 Å². The molecule has 0 spiro atoms. The van der Waals surface area contributed by atoms with Gasteiger partial charge in [0.15, 0.2) is 0 Å². The van der Waals surface area contributed by atoms with Gasteiger partial charge in [0, 0.05) is 23.5 Å². The molecule has 9 heavy (non-hydrogen) atoms. The first-order valence-electron chi connectivity index (χ1n) is 2.63. The third-order valence-corrected chi connectivity index (χ3v) is 1.29. The van der Waals surface area contributed by atoms with Gasteiger partial charge in [-0.15, -0.1) is 0 Å². The number of nitriles is 1. The van der Waals surface area contributed by atoms with E-state index in [-0.39, 0.29) is 0 Å². The molecule has 0 rings (SSSR count). The second-order valence-electron chi connectivity index (χ2n) is 1.57. The topological polar surface area (TPSA) is 40.9 Å². The van der Waals surface area contributed by atoms with Crippen LogP contribution in [0.4, 0.5) is 0 Å². The van der Waals surface area contributed by atoms with E-state index in [1.54, 1.807) is 17.7 Å². The summed E-state index contributed by atoms with van der Waals surface area (Å²) in [5.41, 5.74) is 0. The monoisotopic (exact) mass is 143 g/mol. The van der Waals surface area contributed by atoms with Gasteiger partial charge >= 0.3 is 0 Å². The third-order valence-electron chi connectivity index (χ3n) is 0.711. The first-order chi connectivity index (χ1) is 4.27. The van der Waals surface area contributed by atoms with E-state index in [0.717, 1.165) is 0 Å². The normalized spacial score (nSPS) is 13.3. The second kappa shape index (κ2) is 5.52. The van der Waals surface area contributed by atoms with E-state index in [9.17, 15) is 4.21 Å². The van der Waals surface area contributed by atoms with E-state index in [4.69, 9.17) is 5.26 Å². The van der Waals surface area contributed by atoms with Crippen molar-refractivity contribution in [2.75, 3.05) is 6.26 Å². The Balaban J connectivity index is 3.28. The minimum absolute atomic E-state index is 0.508. The summed E-state index contributed by atoms with van der Waals surface area (Å²) in [5.74, 6) is 0. The van der Waals surface area contributed by atoms with Crippen LogP contribution in [0.25, 0.3) is 0 Å². The molecule has 0 aromatic heterocycles. The number of unbranched alkanes of at least 4 members (excludes halogenated alkanes) is 1. The molecule has 0 bridgehead atoms. The van der Waals surface area contributed by atoms with Gasteiger partial charge in [-0.1, -0.05) is 6.08 Å². The molecule has 0 aromatic carbocycles. The van der Waals surface area contributed by atoms with Gasteiger partial charge in [-0.25, -0.2) is 0 Å². The van der Waals surface area contributed by atoms with Gasteiger partial charge in [-0.3, -0.25) is 4.21 Å². The molecule has 0 aromatic rings. The Labute approximate surface area is 57.6 Å². The van der Waals surface area contributed by atoms with Crippen molar-refractivity contribution in [1.82, 2.24) is 0 Å². The highest BCUT2D eigenvalue weighted by atomic mass is 32.2. The first kappa shape index (κ1) is 8.38. The smallest absolute Gasteiger partial charge is 0.0625 e. The lowest BCUT2D eigenvalue weighted by Gasteiger charge is -1.79. The largest absolute Gasteiger partial charge is 0.255 e. The first-order valence-corrected chi connectivity index (χ1v) is 4.25. The minimum atomic E-state index is -0.859. The molecule has 0 aliphatic rings. The lowest BCUT2D eigenvalue weighted by molar-refractivity contribution is 0.691. The Morgan fingerprint density at radius 2 is 2.44 bits per heavy atom. The molecule has 2 nitrogen and oxygen atoms in total. The maximum Gasteiger partial charge on any atom is 0.0625 e. The van der Waals surface area contributed by atoms with Crippen molar-refractivity contribution in [3.8, 4) is 6.07 Å². The number of hydrogen-bond donors (Lipinski definition) is 0. The van der Waals surface area contributed by atoms with Crippen LogP contribution < -0.4 is 0 Å². The standard InChI is InChI=1S/C6H9NOS/c1-9(8)6-4-2-3-5-7/h4,6H,2-3H2,1H3. The minimum Gasteiger partial charge on any atom is -0.255 e. The van der Waals surface area contributed by atoms with Crippen molar-refractivity contribution in [2.24, 2.45) is 0 Å². The molecule has 0 amide bonds. The fourth-order valence-corrected chi connectivity index (χ4v) is 0.759. The average Bonchev–Trinajstić information content (AvgIpc) is 1.80. The van der Waals surface area contributed by atoms with Gasteiger partial charge in [0.25, 0.3) is 0 Å². The van der Waals surface area contributed by atoms with Crippen molar-refractivity contribution < 1.29 is 4.21 Å². The Bertz CT molecular complexity index is 157. The summed E-state index contributed by atoms with van der Waals surface area (Å²) >= 11 is 0. The van der Waals surface area contributed by atoms with E-state index >= 15 is 0 Å². The Hall–Kier alpha value is -0.620. The second-order valence-corrected chi connectivity index (χ2v) is 2.84. The van der Waals surface area contributed by atoms with Crippen molar-refractivity contribution >= 4 is 10.8 Å². The van der Waals surface area contributed by atoms with Gasteiger partial charge in [0.05, 0.1) is 6.07 Å². The van der Waals surface area contributed by atoms with Crippen molar-refractivity contribution in [3.05, 3.63) is 11.5 Å². The highest BCUT2D eigenvalue weighted by molar-refractivity contribution is 7.87. The van der Waals surface area contributed by atoms with Crippen molar-refractivity contribution in [2.45, 2.75) is 12.8 Å². The Morgan fingerprint density at radius 1 is 1.78 bits per heavy atom. The lowest BCUT2D eigenvalue weighted by Crippen LogP contribution is -1.74. The zero-order chi connectivity index (χ0) is 7.11. The van der Waals surface area contributed by atoms with Crippen LogP contribution in [0.5, 0.6) is 0 Å². The van der Waals surface area contributed by atoms with E-state index in [2.05, 4.69) is 0 Å². The molecule has 0 aliphatic carbocycles. The molecular formula is C6H9NOS. The van der Waals surface area contributed by atoms with E-state index in [0.29, 0.717) is 12.8 Å². The molecule has 0 N–H and O–H groups in total. The number of nitrogens with zero attached hydrogens (tertiary/aromatic N) is 1. The zero-order valence-electron chi connectivity index (χ0n) is 5.33. The molecule has 0 saturated heterocycles. The van der Waals surface area contributed by atoms with Gasteiger partial charge in [-0.2, -0.15) is 5.26 Å². The highest BCUT2D eigenvalue weighted by Crippen LogP contribution is 1.88. The number of hydrogen-bond acceptors (Lipinski definition) is 2. The quantitative estimate of drug-likeness (QED) is 0.557. The van der Waals surface area contributed by atoms with Gasteiger partial charge in [0.2, 0.25) is 0 Å². The fraction of sp³-hybridized carbons (Fsp3) is 0.500. The van der Waals surface area contributed by atoms with Crippen molar-refractivity contribution in [3.63, 3.8) is 0 Å². The summed E-state index contributed by atoms with van der Waals surface area (Å²) in [7, 11) is -0.859. The highest BCUT2D eigenvalue weighted by Gasteiger charge is 1.78. The summed E-state index contributed by atoms with van der Waals surface area (Å²) in [4.78, 5) is 0. The lowest BCUT2D eigenvalue weighted by atomic mass is 10.3. The predicted molar refractivity (Wildman–Crippen MR) is 38.1 cm³/mol. The summed E-state index contributed by atoms with van der Waals surface area (Å²) < 4.78 is 10.3. The average molecular weight is 143 g/mol. The van der Waals surface area contributed by atoms with Crippen LogP contribution >= 0.6 is 0 Å². The molecule has 0 fully saturated rings. The molecular weight excluding hydrogens is 134 g/mol. The van der Waals surface area contributed by atoms with Crippen LogP contribution in [-0.2, 0) is 10.8 Å². The van der Waals surface area contributed by atoms with E-state index in [1.807, 2.05) is 6.07 Å². The number of allylic oxidation sites excluding steroid dienone is 1. The van der Waals surface area contributed by atoms with Crippen LogP contribution in [0, 0.1) is 11.3 Å². The SMILES string of the molecule is CS(=O)C=CCCC#N. The molecule has 0 saturated carbocycles. The van der Waals surface area contributed by atoms with Crippen LogP contribution in [0.2, 0.25) is 0 Å². The van der Waals surface area contributed by atoms with Crippen LogP contribution in [0.15, 0.2) is 11.5 Å². The molecule has 0 aliphatic heterocycles. The fourth-order valence-electron chi connectivity index (χ4n) is 0.351. The zero-order valence-corrected chi connectivity index (χ0v) is 6.15. The van der Waals surface area contributed by atoms with Gasteiger partial charge in [0.1, 0.15) is 0 Å².